The van der Waals surface area contributed by atoms with Crippen molar-refractivity contribution in [2.75, 3.05) is 0 Å². The maximum absolute atomic E-state index is 9.65. The fourth-order valence-corrected chi connectivity index (χ4v) is 0.481. The van der Waals surface area contributed by atoms with Gasteiger partial charge in [0.25, 0.3) is 0 Å². The molecule has 3 heteroatoms. The van der Waals surface area contributed by atoms with E-state index in [-0.39, 0.29) is 0 Å². The van der Waals surface area contributed by atoms with Gasteiger partial charge in [0, 0.05) is 0 Å². The first-order chi connectivity index (χ1) is 3.79. The first-order valence-corrected chi connectivity index (χ1v) is 2.61. The van der Waals surface area contributed by atoms with Crippen LogP contribution in [0, 0.1) is 16.0 Å². The molecule has 1 aliphatic rings. The minimum absolute atomic E-state index is 0.418. The van der Waals surface area contributed by atoms with Crippen molar-refractivity contribution in [3.8, 4) is 0 Å². The zero-order chi connectivity index (χ0) is 5.98. The molecule has 1 aliphatic carbocycles. The molecular weight excluding hydrogens is 106 g/mol. The Hall–Kier alpha value is -0.860. The van der Waals surface area contributed by atoms with Crippen LogP contribution >= 0.6 is 0 Å². The summed E-state index contributed by atoms with van der Waals surface area (Å²) in [5.74, 6) is 0.514. The second-order valence-corrected chi connectivity index (χ2v) is 1.96. The molecule has 0 aliphatic heterocycles. The summed E-state index contributed by atoms with van der Waals surface area (Å²) in [4.78, 5) is 9.23. The van der Waals surface area contributed by atoms with Gasteiger partial charge in [-0.3, -0.25) is 10.1 Å². The zero-order valence-electron chi connectivity index (χ0n) is 4.41. The quantitative estimate of drug-likeness (QED) is 0.398. The third-order valence-electron chi connectivity index (χ3n) is 1.10. The third-order valence-corrected chi connectivity index (χ3v) is 1.10. The smallest absolute Gasteiger partial charge is 0.230 e. The number of hydrogen-bond donors (Lipinski definition) is 0. The van der Waals surface area contributed by atoms with Crippen LogP contribution in [0.2, 0.25) is 0 Å². The lowest BCUT2D eigenvalue weighted by Crippen LogP contribution is -1.81. The van der Waals surface area contributed by atoms with E-state index in [4.69, 9.17) is 0 Å². The van der Waals surface area contributed by atoms with Crippen LogP contribution in [-0.2, 0) is 0 Å². The summed E-state index contributed by atoms with van der Waals surface area (Å²) in [6, 6.07) is 0. The van der Waals surface area contributed by atoms with Crippen LogP contribution in [0.15, 0.2) is 12.3 Å². The summed E-state index contributed by atoms with van der Waals surface area (Å²) >= 11 is 0. The van der Waals surface area contributed by atoms with Crippen LogP contribution in [0.25, 0.3) is 0 Å². The topological polar surface area (TPSA) is 43.1 Å². The molecule has 0 unspecified atom stereocenters. The van der Waals surface area contributed by atoms with E-state index in [0.717, 1.165) is 19.0 Å². The average Bonchev–Trinajstić information content (AvgIpc) is 2.41. The van der Waals surface area contributed by atoms with Crippen molar-refractivity contribution < 1.29 is 4.92 Å². The molecular formula is C5H7NO2. The molecule has 0 aromatic heterocycles. The highest BCUT2D eigenvalue weighted by Gasteiger charge is 2.18. The summed E-state index contributed by atoms with van der Waals surface area (Å²) in [6.07, 6.45) is 4.94. The lowest BCUT2D eigenvalue weighted by atomic mass is 10.4. The average molecular weight is 113 g/mol. The van der Waals surface area contributed by atoms with E-state index in [1.54, 1.807) is 6.08 Å². The number of allylic oxidation sites excluding steroid dienone is 1. The van der Waals surface area contributed by atoms with Crippen molar-refractivity contribution in [2.45, 2.75) is 12.8 Å². The van der Waals surface area contributed by atoms with Crippen molar-refractivity contribution in [3.05, 3.63) is 22.4 Å². The van der Waals surface area contributed by atoms with Gasteiger partial charge in [-0.1, -0.05) is 0 Å². The van der Waals surface area contributed by atoms with Crippen molar-refractivity contribution in [3.63, 3.8) is 0 Å². The zero-order valence-corrected chi connectivity index (χ0v) is 4.41. The van der Waals surface area contributed by atoms with Gasteiger partial charge in [-0.15, -0.1) is 0 Å². The molecule has 0 spiro atoms. The largest absolute Gasteiger partial charge is 0.259 e. The molecule has 0 N–H and O–H groups in total. The monoisotopic (exact) mass is 113 g/mol. The number of hydrogen-bond acceptors (Lipinski definition) is 2. The van der Waals surface area contributed by atoms with Gasteiger partial charge in [0.1, 0.15) is 0 Å². The lowest BCUT2D eigenvalue weighted by Gasteiger charge is -1.74. The van der Waals surface area contributed by atoms with Crippen molar-refractivity contribution in [1.29, 1.82) is 0 Å². The van der Waals surface area contributed by atoms with Crippen LogP contribution in [0.1, 0.15) is 12.8 Å². The summed E-state index contributed by atoms with van der Waals surface area (Å²) in [7, 11) is 0. The molecule has 8 heavy (non-hydrogen) atoms. The van der Waals surface area contributed by atoms with Gasteiger partial charge in [-0.2, -0.15) is 0 Å². The van der Waals surface area contributed by atoms with Crippen molar-refractivity contribution in [1.82, 2.24) is 0 Å². The first-order valence-electron chi connectivity index (χ1n) is 2.61. The fraction of sp³-hybridized carbons (Fsp3) is 0.600. The van der Waals surface area contributed by atoms with Crippen LogP contribution in [0.4, 0.5) is 0 Å². The van der Waals surface area contributed by atoms with E-state index in [1.807, 2.05) is 0 Å². The summed E-state index contributed by atoms with van der Waals surface area (Å²) in [6.45, 7) is 0. The number of rotatable bonds is 2. The second-order valence-electron chi connectivity index (χ2n) is 1.96. The van der Waals surface area contributed by atoms with Gasteiger partial charge < -0.3 is 0 Å². The Kier molecular flexibility index (Phi) is 1.28. The lowest BCUT2D eigenvalue weighted by molar-refractivity contribution is -0.402. The normalized spacial score (nSPS) is 19.5. The van der Waals surface area contributed by atoms with E-state index in [1.165, 1.54) is 0 Å². The van der Waals surface area contributed by atoms with Gasteiger partial charge in [0.05, 0.1) is 4.92 Å². The van der Waals surface area contributed by atoms with E-state index in [9.17, 15) is 10.1 Å². The standard InChI is InChI=1S/C5H7NO2/c7-6(8)4-3-5-1-2-5/h3-5H,1-2H2. The Morgan fingerprint density at radius 2 is 2.25 bits per heavy atom. The number of nitro groups is 1. The van der Waals surface area contributed by atoms with Crippen molar-refractivity contribution >= 4 is 0 Å². The van der Waals surface area contributed by atoms with Crippen molar-refractivity contribution in [2.24, 2.45) is 5.92 Å². The van der Waals surface area contributed by atoms with E-state index in [2.05, 4.69) is 0 Å². The third kappa shape index (κ3) is 1.73. The van der Waals surface area contributed by atoms with Gasteiger partial charge in [0.15, 0.2) is 0 Å². The summed E-state index contributed by atoms with van der Waals surface area (Å²) < 4.78 is 0. The van der Waals surface area contributed by atoms with Crippen LogP contribution in [0.5, 0.6) is 0 Å². The molecule has 3 nitrogen and oxygen atoms in total. The summed E-state index contributed by atoms with van der Waals surface area (Å²) in [5, 5.41) is 9.65. The minimum atomic E-state index is -0.418. The predicted octanol–water partition coefficient (Wildman–Crippen LogP) is 1.19. The highest BCUT2D eigenvalue weighted by molar-refractivity contribution is 4.91. The Labute approximate surface area is 47.2 Å². The molecule has 0 atom stereocenters. The fourth-order valence-electron chi connectivity index (χ4n) is 0.481. The Balaban J connectivity index is 2.23. The molecule has 0 bridgehead atoms. The molecule has 1 rings (SSSR count). The Morgan fingerprint density at radius 3 is 2.62 bits per heavy atom. The van der Waals surface area contributed by atoms with Crippen LogP contribution in [0.3, 0.4) is 0 Å². The Bertz CT molecular complexity index is 126. The van der Waals surface area contributed by atoms with Crippen LogP contribution in [-0.4, -0.2) is 4.92 Å². The SMILES string of the molecule is O=[N+]([O-])C=CC1CC1. The van der Waals surface area contributed by atoms with Gasteiger partial charge in [-0.25, -0.2) is 0 Å². The van der Waals surface area contributed by atoms with Gasteiger partial charge >= 0.3 is 0 Å². The predicted molar refractivity (Wildman–Crippen MR) is 28.9 cm³/mol. The molecule has 0 saturated heterocycles. The van der Waals surface area contributed by atoms with E-state index in [0.29, 0.717) is 5.92 Å². The molecule has 0 aromatic carbocycles. The highest BCUT2D eigenvalue weighted by Crippen LogP contribution is 2.29. The van der Waals surface area contributed by atoms with E-state index >= 15 is 0 Å². The minimum Gasteiger partial charge on any atom is -0.259 e. The van der Waals surface area contributed by atoms with E-state index < -0.39 is 4.92 Å². The first kappa shape index (κ1) is 5.28. The van der Waals surface area contributed by atoms with Gasteiger partial charge in [0.2, 0.25) is 6.20 Å². The molecule has 0 heterocycles. The maximum Gasteiger partial charge on any atom is 0.230 e. The molecule has 0 amide bonds. The molecule has 1 fully saturated rings. The molecule has 0 radical (unpaired) electrons. The maximum atomic E-state index is 9.65. The molecule has 44 valence electrons. The van der Waals surface area contributed by atoms with Gasteiger partial charge in [-0.05, 0) is 24.8 Å². The molecule has 0 aromatic rings. The summed E-state index contributed by atoms with van der Waals surface area (Å²) in [5.41, 5.74) is 0. The van der Waals surface area contributed by atoms with Crippen LogP contribution < -0.4 is 0 Å². The highest BCUT2D eigenvalue weighted by atomic mass is 16.6. The Morgan fingerprint density at radius 1 is 1.62 bits per heavy atom. The number of nitrogens with zero attached hydrogens (tertiary/aromatic N) is 1. The second kappa shape index (κ2) is 1.94. The molecule has 1 saturated carbocycles.